The predicted octanol–water partition coefficient (Wildman–Crippen LogP) is 2.45. The Labute approximate surface area is 106 Å². The zero-order valence-corrected chi connectivity index (χ0v) is 11.2. The van der Waals surface area contributed by atoms with Crippen LogP contribution >= 0.6 is 11.3 Å². The number of hydrogen-bond acceptors (Lipinski definition) is 4. The van der Waals surface area contributed by atoms with Gasteiger partial charge in [0, 0.05) is 30.4 Å². The molecule has 1 unspecified atom stereocenters. The Morgan fingerprint density at radius 1 is 1.41 bits per heavy atom. The SMILES string of the molecule is CC(C)NCc1cncn1C(C)c1nccs1. The largest absolute Gasteiger partial charge is 0.324 e. The van der Waals surface area contributed by atoms with Gasteiger partial charge >= 0.3 is 0 Å². The summed E-state index contributed by atoms with van der Waals surface area (Å²) in [5, 5.41) is 6.54. The van der Waals surface area contributed by atoms with Crippen molar-refractivity contribution in [1.29, 1.82) is 0 Å². The second-order valence-corrected chi connectivity index (χ2v) is 5.30. The summed E-state index contributed by atoms with van der Waals surface area (Å²) >= 11 is 1.68. The van der Waals surface area contributed by atoms with Crippen LogP contribution in [0.3, 0.4) is 0 Å². The van der Waals surface area contributed by atoms with E-state index in [9.17, 15) is 0 Å². The standard InChI is InChI=1S/C12H18N4S/c1-9(2)15-7-11-6-13-8-16(11)10(3)12-14-4-5-17-12/h4-6,8-10,15H,7H2,1-3H3. The predicted molar refractivity (Wildman–Crippen MR) is 70.1 cm³/mol. The van der Waals surface area contributed by atoms with Crippen molar-refractivity contribution in [3.05, 3.63) is 34.8 Å². The lowest BCUT2D eigenvalue weighted by Crippen LogP contribution is -2.24. The molecule has 0 fully saturated rings. The molecule has 0 aliphatic carbocycles. The maximum Gasteiger partial charge on any atom is 0.115 e. The normalized spacial score (nSPS) is 13.2. The van der Waals surface area contributed by atoms with Crippen LogP contribution in [-0.4, -0.2) is 20.6 Å². The third-order valence-corrected chi connectivity index (χ3v) is 3.61. The monoisotopic (exact) mass is 250 g/mol. The van der Waals surface area contributed by atoms with Gasteiger partial charge < -0.3 is 9.88 Å². The molecule has 1 atom stereocenters. The van der Waals surface area contributed by atoms with Crippen LogP contribution in [0.15, 0.2) is 24.1 Å². The summed E-state index contributed by atoms with van der Waals surface area (Å²) in [7, 11) is 0. The first kappa shape index (κ1) is 12.3. The molecule has 1 N–H and O–H groups in total. The molecule has 2 aromatic heterocycles. The molecule has 0 bridgehead atoms. The molecule has 2 heterocycles. The van der Waals surface area contributed by atoms with Crippen molar-refractivity contribution in [2.45, 2.75) is 39.4 Å². The number of aromatic nitrogens is 3. The molecule has 92 valence electrons. The Morgan fingerprint density at radius 3 is 2.88 bits per heavy atom. The van der Waals surface area contributed by atoms with Crippen LogP contribution in [0.4, 0.5) is 0 Å². The van der Waals surface area contributed by atoms with E-state index in [-0.39, 0.29) is 6.04 Å². The smallest absolute Gasteiger partial charge is 0.115 e. The average molecular weight is 250 g/mol. The van der Waals surface area contributed by atoms with Crippen LogP contribution in [0.1, 0.15) is 37.5 Å². The molecule has 0 aliphatic rings. The summed E-state index contributed by atoms with van der Waals surface area (Å²) in [5.74, 6) is 0. The summed E-state index contributed by atoms with van der Waals surface area (Å²) in [4.78, 5) is 8.59. The molecule has 17 heavy (non-hydrogen) atoms. The van der Waals surface area contributed by atoms with Crippen LogP contribution in [0.2, 0.25) is 0 Å². The number of hydrogen-bond donors (Lipinski definition) is 1. The van der Waals surface area contributed by atoms with Gasteiger partial charge in [0.1, 0.15) is 5.01 Å². The van der Waals surface area contributed by atoms with Gasteiger partial charge in [-0.25, -0.2) is 9.97 Å². The first-order chi connectivity index (χ1) is 8.18. The minimum absolute atomic E-state index is 0.251. The van der Waals surface area contributed by atoms with Gasteiger partial charge in [0.05, 0.1) is 18.1 Å². The summed E-state index contributed by atoms with van der Waals surface area (Å²) in [6, 6.07) is 0.731. The van der Waals surface area contributed by atoms with E-state index in [0.717, 1.165) is 11.6 Å². The molecule has 0 saturated heterocycles. The Balaban J connectivity index is 2.13. The van der Waals surface area contributed by atoms with Crippen molar-refractivity contribution < 1.29 is 0 Å². The second kappa shape index (κ2) is 5.42. The summed E-state index contributed by atoms with van der Waals surface area (Å²) < 4.78 is 2.17. The average Bonchev–Trinajstić information content (AvgIpc) is 2.96. The van der Waals surface area contributed by atoms with Crippen molar-refractivity contribution >= 4 is 11.3 Å². The fourth-order valence-electron chi connectivity index (χ4n) is 1.69. The van der Waals surface area contributed by atoms with Crippen LogP contribution < -0.4 is 5.32 Å². The first-order valence-electron chi connectivity index (χ1n) is 5.82. The van der Waals surface area contributed by atoms with E-state index in [4.69, 9.17) is 0 Å². The van der Waals surface area contributed by atoms with E-state index < -0.39 is 0 Å². The highest BCUT2D eigenvalue weighted by atomic mass is 32.1. The molecule has 4 nitrogen and oxygen atoms in total. The Bertz CT molecular complexity index is 447. The van der Waals surface area contributed by atoms with Crippen LogP contribution in [0.25, 0.3) is 0 Å². The van der Waals surface area contributed by atoms with E-state index in [0.29, 0.717) is 6.04 Å². The third kappa shape index (κ3) is 2.92. The van der Waals surface area contributed by atoms with Crippen molar-refractivity contribution in [2.24, 2.45) is 0 Å². The van der Waals surface area contributed by atoms with Gasteiger partial charge in [-0.15, -0.1) is 11.3 Å². The highest BCUT2D eigenvalue weighted by Crippen LogP contribution is 2.21. The zero-order chi connectivity index (χ0) is 12.3. The molecule has 0 saturated carbocycles. The van der Waals surface area contributed by atoms with Crippen LogP contribution in [-0.2, 0) is 6.54 Å². The van der Waals surface area contributed by atoms with E-state index in [1.807, 2.05) is 24.1 Å². The lowest BCUT2D eigenvalue weighted by molar-refractivity contribution is 0.538. The molecule has 2 aromatic rings. The van der Waals surface area contributed by atoms with E-state index in [1.165, 1.54) is 5.69 Å². The lowest BCUT2D eigenvalue weighted by Gasteiger charge is -2.15. The highest BCUT2D eigenvalue weighted by Gasteiger charge is 2.13. The van der Waals surface area contributed by atoms with Crippen molar-refractivity contribution in [3.8, 4) is 0 Å². The molecule has 0 spiro atoms. The van der Waals surface area contributed by atoms with Crippen molar-refractivity contribution in [1.82, 2.24) is 19.9 Å². The van der Waals surface area contributed by atoms with Crippen LogP contribution in [0.5, 0.6) is 0 Å². The van der Waals surface area contributed by atoms with Crippen molar-refractivity contribution in [3.63, 3.8) is 0 Å². The summed E-state index contributed by atoms with van der Waals surface area (Å²) in [6.45, 7) is 7.28. The maximum absolute atomic E-state index is 4.36. The Hall–Kier alpha value is -1.20. The van der Waals surface area contributed by atoms with E-state index >= 15 is 0 Å². The fraction of sp³-hybridized carbons (Fsp3) is 0.500. The number of thiazole rings is 1. The molecule has 5 heteroatoms. The van der Waals surface area contributed by atoms with Gasteiger partial charge in [0.25, 0.3) is 0 Å². The fourth-order valence-corrected chi connectivity index (χ4v) is 2.38. The van der Waals surface area contributed by atoms with Gasteiger partial charge in [0.2, 0.25) is 0 Å². The number of nitrogens with zero attached hydrogens (tertiary/aromatic N) is 3. The Morgan fingerprint density at radius 2 is 2.24 bits per heavy atom. The molecule has 0 aromatic carbocycles. The summed E-state index contributed by atoms with van der Waals surface area (Å²) in [5.41, 5.74) is 1.20. The lowest BCUT2D eigenvalue weighted by atomic mass is 10.3. The minimum atomic E-state index is 0.251. The number of nitrogens with one attached hydrogen (secondary N) is 1. The molecule has 0 aliphatic heterocycles. The first-order valence-corrected chi connectivity index (χ1v) is 6.70. The molecule has 2 rings (SSSR count). The van der Waals surface area contributed by atoms with Gasteiger partial charge in [-0.2, -0.15) is 0 Å². The van der Waals surface area contributed by atoms with E-state index in [2.05, 4.69) is 40.6 Å². The quantitative estimate of drug-likeness (QED) is 0.886. The molecular weight excluding hydrogens is 232 g/mol. The zero-order valence-electron chi connectivity index (χ0n) is 10.4. The highest BCUT2D eigenvalue weighted by molar-refractivity contribution is 7.09. The van der Waals surface area contributed by atoms with Crippen molar-refractivity contribution in [2.75, 3.05) is 0 Å². The number of rotatable bonds is 5. The van der Waals surface area contributed by atoms with Gasteiger partial charge in [-0.1, -0.05) is 13.8 Å². The van der Waals surface area contributed by atoms with E-state index in [1.54, 1.807) is 11.3 Å². The molecular formula is C12H18N4S. The Kier molecular flexibility index (Phi) is 3.91. The topological polar surface area (TPSA) is 42.7 Å². The third-order valence-electron chi connectivity index (χ3n) is 2.66. The van der Waals surface area contributed by atoms with Gasteiger partial charge in [-0.3, -0.25) is 0 Å². The maximum atomic E-state index is 4.36. The molecule has 0 amide bonds. The minimum Gasteiger partial charge on any atom is -0.324 e. The van der Waals surface area contributed by atoms with Gasteiger partial charge in [0.15, 0.2) is 0 Å². The molecule has 0 radical (unpaired) electrons. The summed E-state index contributed by atoms with van der Waals surface area (Å²) in [6.07, 6.45) is 5.64. The van der Waals surface area contributed by atoms with Gasteiger partial charge in [-0.05, 0) is 6.92 Å². The number of imidazole rings is 1. The van der Waals surface area contributed by atoms with Crippen LogP contribution in [0, 0.1) is 0 Å². The second-order valence-electron chi connectivity index (χ2n) is 4.37.